The number of hydrogen-bond donors (Lipinski definition) is 3. The van der Waals surface area contributed by atoms with E-state index in [0.29, 0.717) is 17.4 Å². The van der Waals surface area contributed by atoms with Gasteiger partial charge in [-0.05, 0) is 42.1 Å². The van der Waals surface area contributed by atoms with Crippen LogP contribution >= 0.6 is 35.5 Å². The molecule has 3 N–H and O–H groups in total. The third-order valence-corrected chi connectivity index (χ3v) is 4.34. The van der Waals surface area contributed by atoms with Gasteiger partial charge in [0.25, 0.3) is 10.4 Å². The molecule has 0 fully saturated rings. The maximum atomic E-state index is 12.4. The Morgan fingerprint density at radius 2 is 2.09 bits per heavy atom. The van der Waals surface area contributed by atoms with Gasteiger partial charge in [-0.25, -0.2) is 0 Å². The van der Waals surface area contributed by atoms with Crippen LogP contribution in [0.25, 0.3) is 0 Å². The largest absolute Gasteiger partial charge is 0.347 e. The molecule has 1 aromatic heterocycles. The fraction of sp³-hybridized carbons (Fsp3) is 0.0769. The number of nitrogens with one attached hydrogen (secondary N) is 1. The van der Waals surface area contributed by atoms with E-state index in [1.807, 2.05) is 0 Å². The molecule has 0 atom stereocenters. The highest BCUT2D eigenvalue weighted by atomic mass is 35.5. The molecular weight excluding hydrogens is 351 g/mol. The first-order chi connectivity index (χ1) is 10.4. The molecule has 0 aliphatic carbocycles. The van der Waals surface area contributed by atoms with Gasteiger partial charge in [0, 0.05) is 16.8 Å². The highest BCUT2D eigenvalue weighted by Gasteiger charge is 2.28. The van der Waals surface area contributed by atoms with E-state index in [1.165, 1.54) is 24.4 Å². The molecule has 0 aliphatic rings. The lowest BCUT2D eigenvalue weighted by Crippen LogP contribution is -2.16. The number of nitrogens with zero attached hydrogens (tertiary/aromatic N) is 1. The van der Waals surface area contributed by atoms with E-state index in [2.05, 4.69) is 10.3 Å². The van der Waals surface area contributed by atoms with Crippen LogP contribution in [-0.4, -0.2) is 25.6 Å². The number of carbonyl (C=O) groups excluding carboxylic acids is 1. The number of halogens is 2. The summed E-state index contributed by atoms with van der Waals surface area (Å²) < 4.78 is 9.74. The Balaban J connectivity index is 2.17. The molecule has 0 saturated heterocycles. The van der Waals surface area contributed by atoms with Crippen LogP contribution in [-0.2, 0) is 0 Å². The van der Waals surface area contributed by atoms with Crippen LogP contribution in [0.15, 0.2) is 47.5 Å². The van der Waals surface area contributed by atoms with Crippen molar-refractivity contribution in [1.82, 2.24) is 4.98 Å². The second kappa shape index (κ2) is 7.30. The minimum absolute atomic E-state index is 0.197. The van der Waals surface area contributed by atoms with Gasteiger partial charge in [-0.2, -0.15) is 3.89 Å². The van der Waals surface area contributed by atoms with E-state index < -0.39 is 22.5 Å². The molecule has 2 aromatic rings. The lowest BCUT2D eigenvalue weighted by molar-refractivity contribution is 0.00439. The average molecular weight is 361 g/mol. The van der Waals surface area contributed by atoms with Crippen molar-refractivity contribution in [2.75, 3.05) is 5.32 Å². The summed E-state index contributed by atoms with van der Waals surface area (Å²) in [5.41, 5.74) is 0.590. The summed E-state index contributed by atoms with van der Waals surface area (Å²) in [6.45, 7) is 0. The first-order valence-corrected chi connectivity index (χ1v) is 7.78. The molecule has 1 aromatic carbocycles. The molecule has 0 saturated carbocycles. The molecule has 0 radical (unpaired) electrons. The van der Waals surface area contributed by atoms with Crippen molar-refractivity contribution in [3.8, 4) is 0 Å². The van der Waals surface area contributed by atoms with E-state index in [4.69, 9.17) is 11.6 Å². The van der Waals surface area contributed by atoms with Crippen molar-refractivity contribution in [3.63, 3.8) is 0 Å². The number of aromatic nitrogens is 1. The third kappa shape index (κ3) is 4.59. The van der Waals surface area contributed by atoms with E-state index >= 15 is 0 Å². The van der Waals surface area contributed by atoms with Crippen LogP contribution in [0.1, 0.15) is 10.5 Å². The number of carbonyl (C=O) groups is 1. The fourth-order valence-electron chi connectivity index (χ4n) is 1.51. The minimum atomic E-state index is -2.66. The molecule has 5 nitrogen and oxygen atoms in total. The van der Waals surface area contributed by atoms with E-state index in [0.717, 1.165) is 0 Å². The van der Waals surface area contributed by atoms with Gasteiger partial charge < -0.3 is 15.5 Å². The molecular formula is C13H10ClFN2O3S2. The summed E-state index contributed by atoms with van der Waals surface area (Å²) >= 11 is 5.69. The molecule has 9 heteroatoms. The zero-order valence-electron chi connectivity index (χ0n) is 10.9. The first kappa shape index (κ1) is 17.0. The number of thioether (sulfide) groups is 1. The molecule has 0 spiro atoms. The van der Waals surface area contributed by atoms with E-state index in [9.17, 15) is 18.9 Å². The summed E-state index contributed by atoms with van der Waals surface area (Å²) in [5.74, 6) is -0.432. The topological polar surface area (TPSA) is 82.5 Å². The number of aliphatic hydroxyl groups is 2. The van der Waals surface area contributed by atoms with Crippen LogP contribution in [0.4, 0.5) is 9.57 Å². The van der Waals surface area contributed by atoms with Crippen molar-refractivity contribution in [3.05, 3.63) is 53.3 Å². The molecule has 1 amide bonds. The Hall–Kier alpha value is -1.32. The van der Waals surface area contributed by atoms with Gasteiger partial charge in [0.15, 0.2) is 0 Å². The van der Waals surface area contributed by atoms with Gasteiger partial charge in [-0.1, -0.05) is 17.7 Å². The highest BCUT2D eigenvalue weighted by molar-refractivity contribution is 8.15. The van der Waals surface area contributed by atoms with Gasteiger partial charge in [-0.3, -0.25) is 9.78 Å². The fourth-order valence-corrected chi connectivity index (χ4v) is 2.78. The molecule has 116 valence electrons. The van der Waals surface area contributed by atoms with Gasteiger partial charge in [0.1, 0.15) is 17.8 Å². The predicted molar refractivity (Wildman–Crippen MR) is 85.4 cm³/mol. The van der Waals surface area contributed by atoms with Gasteiger partial charge in [-0.15, -0.1) is 0 Å². The number of rotatable bonds is 5. The van der Waals surface area contributed by atoms with Gasteiger partial charge in [0.05, 0.1) is 5.02 Å². The molecule has 1 heterocycles. The summed E-state index contributed by atoms with van der Waals surface area (Å²) in [6.07, 6.45) is 1.49. The van der Waals surface area contributed by atoms with E-state index in [1.54, 1.807) is 18.2 Å². The summed E-state index contributed by atoms with van der Waals surface area (Å²) in [4.78, 5) is 16.1. The SMILES string of the molecule is O=C(Nc1ccc(Cl)c(SC(O)(O)SF)c1)c1ccccn1. The van der Waals surface area contributed by atoms with Crippen molar-refractivity contribution in [1.29, 1.82) is 0 Å². The van der Waals surface area contributed by atoms with Gasteiger partial charge >= 0.3 is 0 Å². The Bertz CT molecular complexity index is 674. The second-order valence-corrected chi connectivity index (χ2v) is 6.64. The molecule has 22 heavy (non-hydrogen) atoms. The van der Waals surface area contributed by atoms with Gasteiger partial charge in [0.2, 0.25) is 0 Å². The van der Waals surface area contributed by atoms with Crippen LogP contribution in [0.5, 0.6) is 0 Å². The van der Waals surface area contributed by atoms with Crippen LogP contribution in [0.2, 0.25) is 5.02 Å². The van der Waals surface area contributed by atoms with Crippen LogP contribution in [0, 0.1) is 0 Å². The lowest BCUT2D eigenvalue weighted by atomic mass is 10.3. The van der Waals surface area contributed by atoms with Crippen molar-refractivity contribution in [2.45, 2.75) is 9.35 Å². The summed E-state index contributed by atoms with van der Waals surface area (Å²) in [5, 5.41) is 21.4. The second-order valence-electron chi connectivity index (χ2n) is 4.04. The Labute approximate surface area is 139 Å². The number of amides is 1. The number of benzene rings is 1. The Morgan fingerprint density at radius 3 is 2.73 bits per heavy atom. The molecule has 0 unspecified atom stereocenters. The Kier molecular flexibility index (Phi) is 5.65. The zero-order valence-corrected chi connectivity index (χ0v) is 13.3. The van der Waals surface area contributed by atoms with Crippen molar-refractivity contribution in [2.24, 2.45) is 0 Å². The molecule has 0 bridgehead atoms. The normalized spacial score (nSPS) is 11.3. The number of anilines is 1. The maximum absolute atomic E-state index is 12.4. The minimum Gasteiger partial charge on any atom is -0.347 e. The smallest absolute Gasteiger partial charge is 0.300 e. The number of hydrogen-bond acceptors (Lipinski definition) is 6. The predicted octanol–water partition coefficient (Wildman–Crippen LogP) is 3.29. The first-order valence-electron chi connectivity index (χ1n) is 5.87. The lowest BCUT2D eigenvalue weighted by Gasteiger charge is -2.16. The zero-order chi connectivity index (χ0) is 16.2. The maximum Gasteiger partial charge on any atom is 0.300 e. The number of pyridine rings is 1. The Morgan fingerprint density at radius 1 is 1.32 bits per heavy atom. The van der Waals surface area contributed by atoms with Crippen LogP contribution < -0.4 is 5.32 Å². The van der Waals surface area contributed by atoms with E-state index in [-0.39, 0.29) is 15.6 Å². The highest BCUT2D eigenvalue weighted by Crippen LogP contribution is 2.41. The summed E-state index contributed by atoms with van der Waals surface area (Å²) in [7, 11) is 0. The molecule has 0 aliphatic heterocycles. The average Bonchev–Trinajstić information content (AvgIpc) is 2.51. The standard InChI is InChI=1S/C13H10ClFN2O3S2/c14-9-5-4-8(7-11(9)21-13(19,20)22-15)17-12(18)10-3-1-2-6-16-10/h1-7,19-20H,(H,17,18). The quantitative estimate of drug-likeness (QED) is 0.560. The van der Waals surface area contributed by atoms with Crippen molar-refractivity contribution < 1.29 is 18.9 Å². The van der Waals surface area contributed by atoms with Crippen LogP contribution in [0.3, 0.4) is 0 Å². The third-order valence-electron chi connectivity index (χ3n) is 2.43. The molecule has 2 rings (SSSR count). The van der Waals surface area contributed by atoms with Crippen molar-refractivity contribution >= 4 is 47.1 Å². The monoisotopic (exact) mass is 360 g/mol. The summed E-state index contributed by atoms with van der Waals surface area (Å²) in [6, 6.07) is 9.31.